The van der Waals surface area contributed by atoms with Crippen molar-refractivity contribution in [1.29, 1.82) is 0 Å². The number of aromatic nitrogens is 1. The summed E-state index contributed by atoms with van der Waals surface area (Å²) in [7, 11) is 0. The first-order chi connectivity index (χ1) is 8.70. The lowest BCUT2D eigenvalue weighted by Gasteiger charge is -2.07. The first-order valence-electron chi connectivity index (χ1n) is 5.80. The van der Waals surface area contributed by atoms with Gasteiger partial charge < -0.3 is 5.32 Å². The summed E-state index contributed by atoms with van der Waals surface area (Å²) in [6.07, 6.45) is 3.47. The van der Waals surface area contributed by atoms with Gasteiger partial charge in [0.1, 0.15) is 5.82 Å². The summed E-state index contributed by atoms with van der Waals surface area (Å²) >= 11 is 3.35. The molecule has 0 aliphatic rings. The molecule has 0 bridgehead atoms. The molecular formula is C14H14BrFN2. The highest BCUT2D eigenvalue weighted by molar-refractivity contribution is 9.10. The Labute approximate surface area is 114 Å². The summed E-state index contributed by atoms with van der Waals surface area (Å²) < 4.78 is 14.6. The van der Waals surface area contributed by atoms with Gasteiger partial charge in [0, 0.05) is 34.5 Å². The SMILES string of the molecule is CCNCc1cncc(-c2cc(Br)ccc2F)c1. The number of pyridine rings is 1. The van der Waals surface area contributed by atoms with Gasteiger partial charge in [-0.1, -0.05) is 22.9 Å². The molecule has 0 spiro atoms. The van der Waals surface area contributed by atoms with Gasteiger partial charge in [-0.3, -0.25) is 4.98 Å². The number of benzene rings is 1. The van der Waals surface area contributed by atoms with Crippen LogP contribution in [0, 0.1) is 5.82 Å². The van der Waals surface area contributed by atoms with Gasteiger partial charge in [-0.25, -0.2) is 4.39 Å². The summed E-state index contributed by atoms with van der Waals surface area (Å²) in [5, 5.41) is 3.23. The Balaban J connectivity index is 2.35. The van der Waals surface area contributed by atoms with Gasteiger partial charge in [0.25, 0.3) is 0 Å². The second-order valence-electron chi connectivity index (χ2n) is 3.99. The van der Waals surface area contributed by atoms with Gasteiger partial charge in [0.15, 0.2) is 0 Å². The molecule has 0 radical (unpaired) electrons. The van der Waals surface area contributed by atoms with Gasteiger partial charge in [-0.2, -0.15) is 0 Å². The molecule has 2 nitrogen and oxygen atoms in total. The molecule has 18 heavy (non-hydrogen) atoms. The lowest BCUT2D eigenvalue weighted by molar-refractivity contribution is 0.631. The first kappa shape index (κ1) is 13.2. The molecule has 1 aromatic heterocycles. The molecule has 0 fully saturated rings. The third-order valence-corrected chi connectivity index (χ3v) is 3.11. The predicted octanol–water partition coefficient (Wildman–Crippen LogP) is 3.76. The Morgan fingerprint density at radius 2 is 2.11 bits per heavy atom. The molecule has 1 heterocycles. The Bertz CT molecular complexity index is 543. The molecule has 0 saturated heterocycles. The Hall–Kier alpha value is -1.26. The molecular weight excluding hydrogens is 295 g/mol. The van der Waals surface area contributed by atoms with E-state index in [1.807, 2.05) is 13.0 Å². The van der Waals surface area contributed by atoms with Gasteiger partial charge in [0.05, 0.1) is 0 Å². The second-order valence-corrected chi connectivity index (χ2v) is 4.90. The van der Waals surface area contributed by atoms with E-state index < -0.39 is 0 Å². The molecule has 0 unspecified atom stereocenters. The van der Waals surface area contributed by atoms with Crippen molar-refractivity contribution in [1.82, 2.24) is 10.3 Å². The molecule has 0 atom stereocenters. The molecule has 94 valence electrons. The molecule has 0 saturated carbocycles. The zero-order valence-electron chi connectivity index (χ0n) is 10.1. The van der Waals surface area contributed by atoms with Crippen LogP contribution in [0.2, 0.25) is 0 Å². The monoisotopic (exact) mass is 308 g/mol. The van der Waals surface area contributed by atoms with E-state index in [4.69, 9.17) is 0 Å². The van der Waals surface area contributed by atoms with E-state index in [2.05, 4.69) is 26.2 Å². The van der Waals surface area contributed by atoms with Crippen LogP contribution in [-0.2, 0) is 6.54 Å². The fourth-order valence-corrected chi connectivity index (χ4v) is 2.08. The van der Waals surface area contributed by atoms with Gasteiger partial charge in [-0.05, 0) is 36.4 Å². The smallest absolute Gasteiger partial charge is 0.131 e. The minimum Gasteiger partial charge on any atom is -0.313 e. The van der Waals surface area contributed by atoms with Crippen molar-refractivity contribution in [3.05, 3.63) is 52.5 Å². The van der Waals surface area contributed by atoms with Gasteiger partial charge >= 0.3 is 0 Å². The highest BCUT2D eigenvalue weighted by atomic mass is 79.9. The van der Waals surface area contributed by atoms with Crippen LogP contribution >= 0.6 is 15.9 Å². The summed E-state index contributed by atoms with van der Waals surface area (Å²) in [6.45, 7) is 3.69. The molecule has 1 N–H and O–H groups in total. The van der Waals surface area contributed by atoms with E-state index in [1.54, 1.807) is 24.5 Å². The van der Waals surface area contributed by atoms with E-state index in [0.29, 0.717) is 5.56 Å². The first-order valence-corrected chi connectivity index (χ1v) is 6.60. The number of nitrogens with one attached hydrogen (secondary N) is 1. The highest BCUT2D eigenvalue weighted by Gasteiger charge is 2.06. The van der Waals surface area contributed by atoms with Crippen molar-refractivity contribution in [2.45, 2.75) is 13.5 Å². The van der Waals surface area contributed by atoms with Crippen molar-refractivity contribution in [2.24, 2.45) is 0 Å². The molecule has 1 aromatic carbocycles. The lowest BCUT2D eigenvalue weighted by atomic mass is 10.1. The Morgan fingerprint density at radius 1 is 1.28 bits per heavy atom. The zero-order valence-corrected chi connectivity index (χ0v) is 11.7. The highest BCUT2D eigenvalue weighted by Crippen LogP contribution is 2.26. The summed E-state index contributed by atoms with van der Waals surface area (Å²) in [5.41, 5.74) is 2.41. The molecule has 0 aliphatic heterocycles. The molecule has 4 heteroatoms. The maximum absolute atomic E-state index is 13.8. The second kappa shape index (κ2) is 6.07. The maximum atomic E-state index is 13.8. The van der Waals surface area contributed by atoms with E-state index in [1.165, 1.54) is 6.07 Å². The van der Waals surface area contributed by atoms with Crippen LogP contribution in [0.1, 0.15) is 12.5 Å². The molecule has 2 rings (SSSR count). The lowest BCUT2D eigenvalue weighted by Crippen LogP contribution is -2.11. The van der Waals surface area contributed by atoms with Crippen LogP contribution < -0.4 is 5.32 Å². The van der Waals surface area contributed by atoms with E-state index in [0.717, 1.165) is 28.7 Å². The van der Waals surface area contributed by atoms with Crippen LogP contribution in [0.25, 0.3) is 11.1 Å². The summed E-state index contributed by atoms with van der Waals surface area (Å²) in [5.74, 6) is -0.236. The van der Waals surface area contributed by atoms with Crippen molar-refractivity contribution in [3.8, 4) is 11.1 Å². The predicted molar refractivity (Wildman–Crippen MR) is 74.7 cm³/mol. The fraction of sp³-hybridized carbons (Fsp3) is 0.214. The summed E-state index contributed by atoms with van der Waals surface area (Å²) in [6, 6.07) is 6.87. The van der Waals surface area contributed by atoms with Crippen LogP contribution in [0.5, 0.6) is 0 Å². The van der Waals surface area contributed by atoms with Crippen LogP contribution in [-0.4, -0.2) is 11.5 Å². The fourth-order valence-electron chi connectivity index (χ4n) is 1.72. The van der Waals surface area contributed by atoms with Crippen molar-refractivity contribution in [2.75, 3.05) is 6.54 Å². The number of nitrogens with zero attached hydrogens (tertiary/aromatic N) is 1. The average molecular weight is 309 g/mol. The number of rotatable bonds is 4. The number of hydrogen-bond acceptors (Lipinski definition) is 2. The summed E-state index contributed by atoms with van der Waals surface area (Å²) in [4.78, 5) is 4.16. The molecule has 0 aliphatic carbocycles. The van der Waals surface area contributed by atoms with Crippen molar-refractivity contribution >= 4 is 15.9 Å². The van der Waals surface area contributed by atoms with E-state index >= 15 is 0 Å². The Kier molecular flexibility index (Phi) is 4.44. The quantitative estimate of drug-likeness (QED) is 0.930. The van der Waals surface area contributed by atoms with Gasteiger partial charge in [0.2, 0.25) is 0 Å². The van der Waals surface area contributed by atoms with Crippen LogP contribution in [0.15, 0.2) is 41.1 Å². The number of halogens is 2. The molecule has 0 amide bonds. The largest absolute Gasteiger partial charge is 0.313 e. The zero-order chi connectivity index (χ0) is 13.0. The minimum absolute atomic E-state index is 0.236. The van der Waals surface area contributed by atoms with Crippen molar-refractivity contribution < 1.29 is 4.39 Å². The van der Waals surface area contributed by atoms with Crippen LogP contribution in [0.4, 0.5) is 4.39 Å². The third kappa shape index (κ3) is 3.15. The van der Waals surface area contributed by atoms with E-state index in [-0.39, 0.29) is 5.82 Å². The van der Waals surface area contributed by atoms with Crippen LogP contribution in [0.3, 0.4) is 0 Å². The standard InChI is InChI=1S/C14H14BrFN2/c1-2-17-7-10-5-11(9-18-8-10)13-6-12(15)3-4-14(13)16/h3-6,8-9,17H,2,7H2,1H3. The third-order valence-electron chi connectivity index (χ3n) is 2.61. The van der Waals surface area contributed by atoms with E-state index in [9.17, 15) is 4.39 Å². The number of hydrogen-bond donors (Lipinski definition) is 1. The molecule has 2 aromatic rings. The minimum atomic E-state index is -0.236. The maximum Gasteiger partial charge on any atom is 0.131 e. The van der Waals surface area contributed by atoms with Gasteiger partial charge in [-0.15, -0.1) is 0 Å². The Morgan fingerprint density at radius 3 is 2.89 bits per heavy atom. The normalized spacial score (nSPS) is 10.6. The average Bonchev–Trinajstić information content (AvgIpc) is 2.39. The topological polar surface area (TPSA) is 24.9 Å². The van der Waals surface area contributed by atoms with Crippen molar-refractivity contribution in [3.63, 3.8) is 0 Å².